The molecular formula is C23H16ClIN2O. The average Bonchev–Trinajstić information content (AvgIpc) is 2.71. The summed E-state index contributed by atoms with van der Waals surface area (Å²) in [6.07, 6.45) is 3.74. The Kier molecular flexibility index (Phi) is 5.59. The second-order valence-electron chi connectivity index (χ2n) is 6.36. The summed E-state index contributed by atoms with van der Waals surface area (Å²) >= 11 is 8.47. The summed E-state index contributed by atoms with van der Waals surface area (Å²) in [6, 6.07) is 23.2. The van der Waals surface area contributed by atoms with Gasteiger partial charge in [0, 0.05) is 8.59 Å². The normalized spacial score (nSPS) is 11.4. The Labute approximate surface area is 181 Å². The quantitative estimate of drug-likeness (QED) is 0.330. The minimum atomic E-state index is -0.0498. The number of halogens is 2. The van der Waals surface area contributed by atoms with E-state index in [9.17, 15) is 4.79 Å². The molecule has 0 saturated carbocycles. The van der Waals surface area contributed by atoms with Gasteiger partial charge in [0.25, 0.3) is 5.56 Å². The second kappa shape index (κ2) is 8.29. The van der Waals surface area contributed by atoms with E-state index in [0.29, 0.717) is 28.3 Å². The Morgan fingerprint density at radius 1 is 0.964 bits per heavy atom. The van der Waals surface area contributed by atoms with Gasteiger partial charge in [0.2, 0.25) is 0 Å². The van der Waals surface area contributed by atoms with Crippen LogP contribution in [0.3, 0.4) is 0 Å². The zero-order valence-corrected chi connectivity index (χ0v) is 17.8. The van der Waals surface area contributed by atoms with Gasteiger partial charge < -0.3 is 0 Å². The first kappa shape index (κ1) is 18.9. The summed E-state index contributed by atoms with van der Waals surface area (Å²) in [4.78, 5) is 18.0. The number of aromatic nitrogens is 2. The summed E-state index contributed by atoms with van der Waals surface area (Å²) in [5, 5.41) is 1.28. The van der Waals surface area contributed by atoms with E-state index in [0.717, 1.165) is 14.7 Å². The molecule has 3 aromatic carbocycles. The molecule has 4 aromatic rings. The van der Waals surface area contributed by atoms with Crippen molar-refractivity contribution in [3.8, 4) is 0 Å². The number of nitrogens with zero attached hydrogens (tertiary/aromatic N) is 2. The predicted molar refractivity (Wildman–Crippen MR) is 125 cm³/mol. The third-order valence-electron chi connectivity index (χ3n) is 4.45. The van der Waals surface area contributed by atoms with E-state index >= 15 is 0 Å². The highest BCUT2D eigenvalue weighted by Gasteiger charge is 2.10. The molecule has 0 spiro atoms. The van der Waals surface area contributed by atoms with E-state index in [-0.39, 0.29) is 5.56 Å². The fourth-order valence-electron chi connectivity index (χ4n) is 3.03. The molecule has 0 radical (unpaired) electrons. The number of rotatable bonds is 4. The third kappa shape index (κ3) is 4.03. The van der Waals surface area contributed by atoms with Crippen LogP contribution in [0.5, 0.6) is 0 Å². The van der Waals surface area contributed by atoms with Crippen LogP contribution in [0, 0.1) is 3.57 Å². The molecule has 0 amide bonds. The standard InChI is InChI=1S/C23H16ClIN2O/c24-20-9-5-4-8-17(20)10-13-22-26-21-12-11-18(25)14-19(21)23(28)27(22)15-16-6-2-1-3-7-16/h1-14H,15H2. The SMILES string of the molecule is O=c1c2cc(I)ccc2nc(C=Cc2ccccc2Cl)n1Cc1ccccc1. The summed E-state index contributed by atoms with van der Waals surface area (Å²) in [5.74, 6) is 0.600. The van der Waals surface area contributed by atoms with Crippen LogP contribution in [0.1, 0.15) is 17.0 Å². The molecule has 0 aliphatic heterocycles. The largest absolute Gasteiger partial charge is 0.288 e. The fraction of sp³-hybridized carbons (Fsp3) is 0.0435. The highest BCUT2D eigenvalue weighted by Crippen LogP contribution is 2.19. The second-order valence-corrected chi connectivity index (χ2v) is 8.02. The minimum absolute atomic E-state index is 0.0498. The first-order valence-electron chi connectivity index (χ1n) is 8.78. The zero-order valence-electron chi connectivity index (χ0n) is 14.8. The topological polar surface area (TPSA) is 34.9 Å². The smallest absolute Gasteiger partial charge is 0.261 e. The van der Waals surface area contributed by atoms with Gasteiger partial charge in [0.15, 0.2) is 0 Å². The third-order valence-corrected chi connectivity index (χ3v) is 5.46. The maximum absolute atomic E-state index is 13.2. The molecule has 0 fully saturated rings. The molecule has 3 nitrogen and oxygen atoms in total. The van der Waals surface area contributed by atoms with Crippen LogP contribution in [0.15, 0.2) is 77.6 Å². The first-order valence-corrected chi connectivity index (χ1v) is 10.2. The van der Waals surface area contributed by atoms with Gasteiger partial charge in [0.1, 0.15) is 5.82 Å². The van der Waals surface area contributed by atoms with E-state index in [1.165, 1.54) is 0 Å². The fourth-order valence-corrected chi connectivity index (χ4v) is 3.72. The van der Waals surface area contributed by atoms with Crippen molar-refractivity contribution in [2.24, 2.45) is 0 Å². The lowest BCUT2D eigenvalue weighted by Crippen LogP contribution is -2.24. The van der Waals surface area contributed by atoms with Gasteiger partial charge in [0.05, 0.1) is 17.4 Å². The Morgan fingerprint density at radius 2 is 1.71 bits per heavy atom. The van der Waals surface area contributed by atoms with Gasteiger partial charge in [-0.2, -0.15) is 0 Å². The first-order chi connectivity index (χ1) is 13.6. The van der Waals surface area contributed by atoms with Gasteiger partial charge in [-0.1, -0.05) is 60.1 Å². The number of hydrogen-bond donors (Lipinski definition) is 0. The molecule has 0 bridgehead atoms. The lowest BCUT2D eigenvalue weighted by atomic mass is 10.2. The van der Waals surface area contributed by atoms with Gasteiger partial charge >= 0.3 is 0 Å². The molecular weight excluding hydrogens is 483 g/mol. The summed E-state index contributed by atoms with van der Waals surface area (Å²) in [7, 11) is 0. The average molecular weight is 499 g/mol. The van der Waals surface area contributed by atoms with Crippen LogP contribution in [-0.2, 0) is 6.54 Å². The Morgan fingerprint density at radius 3 is 2.50 bits per heavy atom. The molecule has 0 N–H and O–H groups in total. The van der Waals surface area contributed by atoms with Crippen LogP contribution in [-0.4, -0.2) is 9.55 Å². The zero-order chi connectivity index (χ0) is 19.5. The molecule has 0 aliphatic rings. The Hall–Kier alpha value is -2.44. The minimum Gasteiger partial charge on any atom is -0.288 e. The lowest BCUT2D eigenvalue weighted by molar-refractivity contribution is 0.738. The molecule has 0 unspecified atom stereocenters. The summed E-state index contributed by atoms with van der Waals surface area (Å²) in [6.45, 7) is 0.455. The maximum atomic E-state index is 13.2. The van der Waals surface area contributed by atoms with Crippen molar-refractivity contribution in [3.63, 3.8) is 0 Å². The Balaban J connectivity index is 1.88. The van der Waals surface area contributed by atoms with Crippen molar-refractivity contribution in [1.82, 2.24) is 9.55 Å². The van der Waals surface area contributed by atoms with Crippen molar-refractivity contribution in [2.45, 2.75) is 6.54 Å². The van der Waals surface area contributed by atoms with Gasteiger partial charge in [-0.05, 0) is 70.1 Å². The van der Waals surface area contributed by atoms with Crippen LogP contribution in [0.2, 0.25) is 5.02 Å². The van der Waals surface area contributed by atoms with Crippen LogP contribution < -0.4 is 5.56 Å². The van der Waals surface area contributed by atoms with Crippen LogP contribution >= 0.6 is 34.2 Å². The van der Waals surface area contributed by atoms with Gasteiger partial charge in [-0.15, -0.1) is 0 Å². The molecule has 138 valence electrons. The van der Waals surface area contributed by atoms with Crippen molar-refractivity contribution in [1.29, 1.82) is 0 Å². The van der Waals surface area contributed by atoms with Gasteiger partial charge in [-0.25, -0.2) is 4.98 Å². The van der Waals surface area contributed by atoms with E-state index in [1.807, 2.05) is 84.9 Å². The monoisotopic (exact) mass is 498 g/mol. The van der Waals surface area contributed by atoms with Crippen molar-refractivity contribution in [3.05, 3.63) is 109 Å². The number of hydrogen-bond acceptors (Lipinski definition) is 2. The number of benzene rings is 3. The highest BCUT2D eigenvalue weighted by atomic mass is 127. The molecule has 5 heteroatoms. The van der Waals surface area contributed by atoms with Crippen molar-refractivity contribution < 1.29 is 0 Å². The molecule has 28 heavy (non-hydrogen) atoms. The lowest BCUT2D eigenvalue weighted by Gasteiger charge is -2.12. The summed E-state index contributed by atoms with van der Waals surface area (Å²) < 4.78 is 2.72. The van der Waals surface area contributed by atoms with Crippen LogP contribution in [0.4, 0.5) is 0 Å². The Bertz CT molecular complexity index is 1230. The van der Waals surface area contributed by atoms with E-state index in [2.05, 4.69) is 22.6 Å². The van der Waals surface area contributed by atoms with Crippen molar-refractivity contribution >= 4 is 57.2 Å². The van der Waals surface area contributed by atoms with Crippen molar-refractivity contribution in [2.75, 3.05) is 0 Å². The predicted octanol–water partition coefficient (Wildman–Crippen LogP) is 5.87. The maximum Gasteiger partial charge on any atom is 0.261 e. The van der Waals surface area contributed by atoms with Crippen LogP contribution in [0.25, 0.3) is 23.1 Å². The molecule has 1 aromatic heterocycles. The summed E-state index contributed by atoms with van der Waals surface area (Å²) in [5.41, 5.74) is 2.57. The molecule has 1 heterocycles. The molecule has 0 atom stereocenters. The van der Waals surface area contributed by atoms with Gasteiger partial charge in [-0.3, -0.25) is 9.36 Å². The molecule has 4 rings (SSSR count). The molecule has 0 saturated heterocycles. The number of fused-ring (bicyclic) bond motifs is 1. The van der Waals surface area contributed by atoms with E-state index in [1.54, 1.807) is 4.57 Å². The van der Waals surface area contributed by atoms with E-state index < -0.39 is 0 Å². The van der Waals surface area contributed by atoms with E-state index in [4.69, 9.17) is 16.6 Å². The highest BCUT2D eigenvalue weighted by molar-refractivity contribution is 14.1. The molecule has 0 aliphatic carbocycles.